The number of amides is 1. The highest BCUT2D eigenvalue weighted by atomic mass is 19.4. The Morgan fingerprint density at radius 1 is 1.32 bits per heavy atom. The average Bonchev–Trinajstić information content (AvgIpc) is 3.22. The number of aromatic nitrogens is 2. The molecule has 1 saturated heterocycles. The minimum absolute atomic E-state index is 0.0471. The Kier molecular flexibility index (Phi) is 5.84. The van der Waals surface area contributed by atoms with E-state index in [-0.39, 0.29) is 29.4 Å². The number of amidine groups is 1. The third-order valence-electron chi connectivity index (χ3n) is 5.87. The Labute approximate surface area is 191 Å². The summed E-state index contributed by atoms with van der Waals surface area (Å²) in [5, 5.41) is 2.53. The molecule has 2 aliphatic heterocycles. The number of nitrogens with zero attached hydrogens (tertiary/aromatic N) is 3. The number of nitrogens with one attached hydrogen (secondary N) is 1. The quantitative estimate of drug-likeness (QED) is 0.628. The molecule has 0 radical (unpaired) electrons. The topological polar surface area (TPSA) is 121 Å². The van der Waals surface area contributed by atoms with Gasteiger partial charge in [-0.15, -0.1) is 0 Å². The van der Waals surface area contributed by atoms with Crippen LogP contribution in [0.1, 0.15) is 29.9 Å². The molecule has 0 aliphatic carbocycles. The molecule has 3 N–H and O–H groups in total. The van der Waals surface area contributed by atoms with Crippen molar-refractivity contribution < 1.29 is 36.6 Å². The zero-order valence-electron chi connectivity index (χ0n) is 18.1. The maximum Gasteiger partial charge on any atom is 0.431 e. The van der Waals surface area contributed by atoms with Crippen LogP contribution in [0.3, 0.4) is 0 Å². The highest BCUT2D eigenvalue weighted by molar-refractivity contribution is 6.02. The highest BCUT2D eigenvalue weighted by Crippen LogP contribution is 2.54. The lowest BCUT2D eigenvalue weighted by atomic mass is 9.71. The molecule has 13 heteroatoms. The van der Waals surface area contributed by atoms with E-state index in [1.807, 2.05) is 0 Å². The first-order valence-electron chi connectivity index (χ1n) is 10.2. The number of benzene rings is 1. The summed E-state index contributed by atoms with van der Waals surface area (Å²) in [6, 6.07) is 2.75. The molecular formula is C21H21F4N5O4. The van der Waals surface area contributed by atoms with Gasteiger partial charge in [-0.3, -0.25) is 4.79 Å². The molecule has 182 valence electrons. The van der Waals surface area contributed by atoms with Gasteiger partial charge in [0, 0.05) is 11.3 Å². The van der Waals surface area contributed by atoms with Crippen molar-refractivity contribution in [2.24, 2.45) is 16.6 Å². The molecule has 1 aromatic heterocycles. The van der Waals surface area contributed by atoms with Crippen LogP contribution in [0, 0.1) is 11.7 Å². The Balaban J connectivity index is 1.67. The molecule has 3 atom stereocenters. The lowest BCUT2D eigenvalue weighted by molar-refractivity contribution is -0.274. The number of anilines is 1. The van der Waals surface area contributed by atoms with Crippen molar-refractivity contribution in [2.75, 3.05) is 25.1 Å². The molecule has 1 amide bonds. The van der Waals surface area contributed by atoms with Crippen LogP contribution in [0.25, 0.3) is 0 Å². The van der Waals surface area contributed by atoms with Crippen molar-refractivity contribution in [3.05, 3.63) is 47.7 Å². The summed E-state index contributed by atoms with van der Waals surface area (Å²) in [7, 11) is 0. The molecule has 0 spiro atoms. The van der Waals surface area contributed by atoms with Crippen molar-refractivity contribution in [2.45, 2.75) is 31.2 Å². The fraction of sp³-hybridized carbons (Fsp3) is 0.429. The summed E-state index contributed by atoms with van der Waals surface area (Å²) in [4.78, 5) is 24.5. The SMILES string of the molecule is CCOc1cnc(C(=O)Nc2ccc(F)c([C@@]3(C)N=C(N)O[C@]4(C(F)(F)F)COC[C@H]34)c2)cn1. The minimum atomic E-state index is -4.86. The average molecular weight is 483 g/mol. The number of hydrogen-bond acceptors (Lipinski definition) is 8. The van der Waals surface area contributed by atoms with E-state index in [1.54, 1.807) is 6.92 Å². The number of hydrogen-bond donors (Lipinski definition) is 2. The van der Waals surface area contributed by atoms with Gasteiger partial charge in [-0.25, -0.2) is 19.4 Å². The zero-order valence-corrected chi connectivity index (χ0v) is 18.1. The fourth-order valence-corrected chi connectivity index (χ4v) is 4.22. The summed E-state index contributed by atoms with van der Waals surface area (Å²) in [5.74, 6) is -2.69. The van der Waals surface area contributed by atoms with Crippen LogP contribution in [-0.4, -0.2) is 53.5 Å². The Bertz CT molecular complexity index is 1130. The number of fused-ring (bicyclic) bond motifs is 1. The molecule has 0 unspecified atom stereocenters. The molecule has 1 aromatic carbocycles. The summed E-state index contributed by atoms with van der Waals surface area (Å²) in [6.07, 6.45) is -2.39. The van der Waals surface area contributed by atoms with E-state index in [0.29, 0.717) is 6.61 Å². The van der Waals surface area contributed by atoms with Gasteiger partial charge in [0.1, 0.15) is 17.1 Å². The molecule has 9 nitrogen and oxygen atoms in total. The molecule has 1 fully saturated rings. The standard InChI is InChI=1S/C21H21F4N5O4/c1-3-33-16-8-27-14(7-28-16)17(31)29-11-4-5-13(22)12(6-11)19(2)15-9-32-10-20(15,21(23,24)25)34-18(26)30-19/h4-8,15H,3,9-10H2,1-2H3,(H2,26,30)(H,29,31)/t15-,19-,20-/m1/s1. The first-order chi connectivity index (χ1) is 16.0. The summed E-state index contributed by atoms with van der Waals surface area (Å²) in [5.41, 5.74) is 0.894. The number of nitrogens with two attached hydrogens (primary N) is 1. The number of alkyl halides is 3. The van der Waals surface area contributed by atoms with Crippen LogP contribution in [0.2, 0.25) is 0 Å². The zero-order chi connectivity index (χ0) is 24.7. The fourth-order valence-electron chi connectivity index (χ4n) is 4.22. The van der Waals surface area contributed by atoms with Crippen molar-refractivity contribution in [1.82, 2.24) is 9.97 Å². The molecule has 34 heavy (non-hydrogen) atoms. The van der Waals surface area contributed by atoms with Gasteiger partial charge in [-0.2, -0.15) is 13.2 Å². The van der Waals surface area contributed by atoms with Gasteiger partial charge in [-0.1, -0.05) is 0 Å². The van der Waals surface area contributed by atoms with Gasteiger partial charge in [0.25, 0.3) is 11.9 Å². The first-order valence-corrected chi connectivity index (χ1v) is 10.2. The van der Waals surface area contributed by atoms with Crippen LogP contribution in [0.5, 0.6) is 5.88 Å². The summed E-state index contributed by atoms with van der Waals surface area (Å²) < 4.78 is 72.3. The highest BCUT2D eigenvalue weighted by Gasteiger charge is 2.71. The van der Waals surface area contributed by atoms with E-state index in [9.17, 15) is 22.4 Å². The lowest BCUT2D eigenvalue weighted by Gasteiger charge is -2.46. The predicted molar refractivity (Wildman–Crippen MR) is 111 cm³/mol. The summed E-state index contributed by atoms with van der Waals surface area (Å²) in [6.45, 7) is 2.27. The van der Waals surface area contributed by atoms with Crippen molar-refractivity contribution in [3.8, 4) is 5.88 Å². The molecule has 2 aliphatic rings. The van der Waals surface area contributed by atoms with E-state index in [0.717, 1.165) is 6.07 Å². The van der Waals surface area contributed by atoms with Crippen LogP contribution in [0.4, 0.5) is 23.2 Å². The number of rotatable bonds is 5. The van der Waals surface area contributed by atoms with Gasteiger partial charge >= 0.3 is 6.18 Å². The third kappa shape index (κ3) is 3.89. The number of halogens is 4. The molecule has 2 aromatic rings. The lowest BCUT2D eigenvalue weighted by Crippen LogP contribution is -2.63. The second-order valence-corrected chi connectivity index (χ2v) is 7.98. The van der Waals surface area contributed by atoms with Gasteiger partial charge in [0.15, 0.2) is 0 Å². The van der Waals surface area contributed by atoms with Crippen molar-refractivity contribution in [3.63, 3.8) is 0 Å². The van der Waals surface area contributed by atoms with E-state index in [4.69, 9.17) is 19.9 Å². The van der Waals surface area contributed by atoms with Gasteiger partial charge in [-0.05, 0) is 32.0 Å². The van der Waals surface area contributed by atoms with Gasteiger partial charge < -0.3 is 25.3 Å². The van der Waals surface area contributed by atoms with Crippen LogP contribution < -0.4 is 15.8 Å². The maximum atomic E-state index is 15.0. The van der Waals surface area contributed by atoms with E-state index in [1.165, 1.54) is 31.5 Å². The number of carbonyl (C=O) groups is 1. The molecule has 0 bridgehead atoms. The van der Waals surface area contributed by atoms with E-state index >= 15 is 0 Å². The van der Waals surface area contributed by atoms with E-state index in [2.05, 4.69) is 20.3 Å². The van der Waals surface area contributed by atoms with Crippen LogP contribution >= 0.6 is 0 Å². The molecule has 4 rings (SSSR count). The largest absolute Gasteiger partial charge is 0.477 e. The van der Waals surface area contributed by atoms with Crippen molar-refractivity contribution >= 4 is 17.6 Å². The number of ether oxygens (including phenoxy) is 3. The smallest absolute Gasteiger partial charge is 0.431 e. The van der Waals surface area contributed by atoms with E-state index < -0.39 is 47.6 Å². The second-order valence-electron chi connectivity index (χ2n) is 7.98. The number of aliphatic imine (C=N–C) groups is 1. The minimum Gasteiger partial charge on any atom is -0.477 e. The molecule has 3 heterocycles. The van der Waals surface area contributed by atoms with Gasteiger partial charge in [0.05, 0.1) is 38.1 Å². The molecular weight excluding hydrogens is 462 g/mol. The normalized spacial score (nSPS) is 26.3. The molecule has 0 saturated carbocycles. The first kappa shape index (κ1) is 23.7. The predicted octanol–water partition coefficient (Wildman–Crippen LogP) is 2.77. The monoisotopic (exact) mass is 483 g/mol. The van der Waals surface area contributed by atoms with Crippen molar-refractivity contribution in [1.29, 1.82) is 0 Å². The van der Waals surface area contributed by atoms with Crippen LogP contribution in [-0.2, 0) is 15.0 Å². The second kappa shape index (κ2) is 8.38. The van der Waals surface area contributed by atoms with Gasteiger partial charge in [0.2, 0.25) is 11.5 Å². The van der Waals surface area contributed by atoms with Crippen LogP contribution in [0.15, 0.2) is 35.6 Å². The number of carbonyl (C=O) groups excluding carboxylic acids is 1. The Hall–Kier alpha value is -3.48. The third-order valence-corrected chi connectivity index (χ3v) is 5.87. The Morgan fingerprint density at radius 2 is 2.09 bits per heavy atom. The summed E-state index contributed by atoms with van der Waals surface area (Å²) >= 11 is 0. The maximum absolute atomic E-state index is 15.0. The Morgan fingerprint density at radius 3 is 2.74 bits per heavy atom.